The molecule has 0 spiro atoms. The van der Waals surface area contributed by atoms with Gasteiger partial charge in [-0.05, 0) is 50.7 Å². The number of carbonyl (C=O) groups excluding carboxylic acids is 1. The number of hydrogen-bond donors (Lipinski definition) is 0. The van der Waals surface area contributed by atoms with E-state index in [1.165, 1.54) is 11.1 Å². The second kappa shape index (κ2) is 8.59. The molecule has 29 heavy (non-hydrogen) atoms. The van der Waals surface area contributed by atoms with Gasteiger partial charge in [-0.25, -0.2) is 9.67 Å². The van der Waals surface area contributed by atoms with Crippen LogP contribution in [0.1, 0.15) is 53.1 Å². The summed E-state index contributed by atoms with van der Waals surface area (Å²) in [4.78, 5) is 19.4. The lowest BCUT2D eigenvalue weighted by molar-refractivity contribution is 0.0589. The Hall–Kier alpha value is -2.96. The summed E-state index contributed by atoms with van der Waals surface area (Å²) in [6, 6.07) is 8.44. The Morgan fingerprint density at radius 1 is 1.21 bits per heavy atom. The van der Waals surface area contributed by atoms with Crippen LogP contribution in [0.4, 0.5) is 0 Å². The Kier molecular flexibility index (Phi) is 5.74. The highest BCUT2D eigenvalue weighted by molar-refractivity contribution is 5.92. The third-order valence-corrected chi connectivity index (χ3v) is 5.87. The van der Waals surface area contributed by atoms with Gasteiger partial charge < -0.3 is 9.47 Å². The van der Waals surface area contributed by atoms with Gasteiger partial charge in [-0.2, -0.15) is 0 Å². The van der Waals surface area contributed by atoms with E-state index in [9.17, 15) is 4.79 Å². The standard InChI is InChI=1S/C22H28N6O/c1-17-7-3-4-8-19(17)15-27-16-21(24-25-27)22(29)28-12-6-5-9-20(28)10-13-26-14-11-23-18(26)2/h3-4,7-8,11,14,16,20H,5-6,9-10,12-13,15H2,1-2H3. The quantitative estimate of drug-likeness (QED) is 0.646. The normalized spacial score (nSPS) is 16.9. The summed E-state index contributed by atoms with van der Waals surface area (Å²) in [5.41, 5.74) is 2.83. The molecule has 1 unspecified atom stereocenters. The van der Waals surface area contributed by atoms with E-state index in [2.05, 4.69) is 38.9 Å². The van der Waals surface area contributed by atoms with Gasteiger partial charge in [-0.15, -0.1) is 5.10 Å². The molecule has 2 aromatic heterocycles. The van der Waals surface area contributed by atoms with E-state index in [-0.39, 0.29) is 11.9 Å². The van der Waals surface area contributed by atoms with Crippen LogP contribution < -0.4 is 0 Å². The zero-order valence-corrected chi connectivity index (χ0v) is 17.2. The molecule has 1 aliphatic heterocycles. The fourth-order valence-electron chi connectivity index (χ4n) is 4.08. The average Bonchev–Trinajstić information content (AvgIpc) is 3.37. The van der Waals surface area contributed by atoms with Crippen LogP contribution in [0, 0.1) is 13.8 Å². The maximum absolute atomic E-state index is 13.2. The lowest BCUT2D eigenvalue weighted by Crippen LogP contribution is -2.44. The van der Waals surface area contributed by atoms with Crippen LogP contribution in [0.2, 0.25) is 0 Å². The van der Waals surface area contributed by atoms with Crippen molar-refractivity contribution < 1.29 is 4.79 Å². The molecular formula is C22H28N6O. The minimum absolute atomic E-state index is 0.00640. The Morgan fingerprint density at radius 3 is 2.86 bits per heavy atom. The summed E-state index contributed by atoms with van der Waals surface area (Å²) in [6.45, 7) is 6.38. The van der Waals surface area contributed by atoms with Gasteiger partial charge in [0, 0.05) is 31.5 Å². The second-order valence-electron chi connectivity index (χ2n) is 7.83. The number of aryl methyl sites for hydroxylation is 3. The summed E-state index contributed by atoms with van der Waals surface area (Å²) < 4.78 is 3.90. The van der Waals surface area contributed by atoms with E-state index in [1.54, 1.807) is 10.9 Å². The molecule has 1 aromatic carbocycles. The molecule has 1 saturated heterocycles. The van der Waals surface area contributed by atoms with Crippen molar-refractivity contribution in [3.63, 3.8) is 0 Å². The lowest BCUT2D eigenvalue weighted by atomic mass is 9.99. The number of likely N-dealkylation sites (tertiary alicyclic amines) is 1. The second-order valence-corrected chi connectivity index (χ2v) is 7.83. The molecule has 7 nitrogen and oxygen atoms in total. The number of rotatable bonds is 6. The summed E-state index contributed by atoms with van der Waals surface area (Å²) in [5, 5.41) is 8.38. The van der Waals surface area contributed by atoms with Crippen LogP contribution in [0.15, 0.2) is 42.9 Å². The van der Waals surface area contributed by atoms with Crippen molar-refractivity contribution in [2.24, 2.45) is 0 Å². The number of hydrogen-bond acceptors (Lipinski definition) is 4. The van der Waals surface area contributed by atoms with Gasteiger partial charge in [-0.3, -0.25) is 4.79 Å². The Labute approximate surface area is 171 Å². The van der Waals surface area contributed by atoms with Crippen LogP contribution in [0.5, 0.6) is 0 Å². The molecule has 152 valence electrons. The van der Waals surface area contributed by atoms with Crippen molar-refractivity contribution in [3.05, 3.63) is 65.5 Å². The van der Waals surface area contributed by atoms with E-state index >= 15 is 0 Å². The molecule has 3 heterocycles. The first-order valence-corrected chi connectivity index (χ1v) is 10.3. The number of nitrogens with zero attached hydrogens (tertiary/aromatic N) is 6. The topological polar surface area (TPSA) is 68.8 Å². The fraction of sp³-hybridized carbons (Fsp3) is 0.455. The van der Waals surface area contributed by atoms with Gasteiger partial charge >= 0.3 is 0 Å². The monoisotopic (exact) mass is 392 g/mol. The zero-order valence-electron chi connectivity index (χ0n) is 17.2. The number of piperidine rings is 1. The number of amides is 1. The highest BCUT2D eigenvalue weighted by atomic mass is 16.2. The minimum atomic E-state index is -0.00640. The molecule has 0 saturated carbocycles. The van der Waals surface area contributed by atoms with Crippen LogP contribution >= 0.6 is 0 Å². The molecule has 1 fully saturated rings. The van der Waals surface area contributed by atoms with Crippen molar-refractivity contribution in [2.75, 3.05) is 6.54 Å². The largest absolute Gasteiger partial charge is 0.335 e. The van der Waals surface area contributed by atoms with Crippen LogP contribution in [0.25, 0.3) is 0 Å². The summed E-state index contributed by atoms with van der Waals surface area (Å²) in [6.07, 6.45) is 9.78. The minimum Gasteiger partial charge on any atom is -0.335 e. The maximum atomic E-state index is 13.2. The highest BCUT2D eigenvalue weighted by Crippen LogP contribution is 2.22. The molecule has 1 atom stereocenters. The zero-order chi connectivity index (χ0) is 20.2. The number of aromatic nitrogens is 5. The van der Waals surface area contributed by atoms with Gasteiger partial charge in [0.05, 0.1) is 12.7 Å². The van der Waals surface area contributed by atoms with Crippen molar-refractivity contribution in [2.45, 2.75) is 58.7 Å². The lowest BCUT2D eigenvalue weighted by Gasteiger charge is -2.35. The number of imidazole rings is 1. The predicted molar refractivity (Wildman–Crippen MR) is 111 cm³/mol. The molecule has 0 radical (unpaired) electrons. The Morgan fingerprint density at radius 2 is 2.07 bits per heavy atom. The first-order chi connectivity index (χ1) is 14.1. The van der Waals surface area contributed by atoms with Crippen LogP contribution in [-0.4, -0.2) is 47.9 Å². The summed E-state index contributed by atoms with van der Waals surface area (Å²) in [7, 11) is 0. The molecule has 7 heteroatoms. The smallest absolute Gasteiger partial charge is 0.276 e. The molecule has 0 N–H and O–H groups in total. The predicted octanol–water partition coefficient (Wildman–Crippen LogP) is 3.22. The maximum Gasteiger partial charge on any atom is 0.276 e. The average molecular weight is 393 g/mol. The fourth-order valence-corrected chi connectivity index (χ4v) is 4.08. The van der Waals surface area contributed by atoms with Gasteiger partial charge in [0.15, 0.2) is 5.69 Å². The molecule has 1 aliphatic rings. The number of carbonyl (C=O) groups is 1. The first-order valence-electron chi connectivity index (χ1n) is 10.3. The van der Waals surface area contributed by atoms with Crippen molar-refractivity contribution in [3.8, 4) is 0 Å². The van der Waals surface area contributed by atoms with Gasteiger partial charge in [0.25, 0.3) is 5.91 Å². The number of benzene rings is 1. The SMILES string of the molecule is Cc1ccccc1Cn1cc(C(=O)N2CCCCC2CCn2ccnc2C)nn1. The molecule has 1 amide bonds. The van der Waals surface area contributed by atoms with Crippen molar-refractivity contribution in [1.29, 1.82) is 0 Å². The van der Waals surface area contributed by atoms with Gasteiger partial charge in [0.2, 0.25) is 0 Å². The van der Waals surface area contributed by atoms with Gasteiger partial charge in [-0.1, -0.05) is 29.5 Å². The van der Waals surface area contributed by atoms with Crippen molar-refractivity contribution in [1.82, 2.24) is 29.4 Å². The van der Waals surface area contributed by atoms with Crippen LogP contribution in [-0.2, 0) is 13.1 Å². The van der Waals surface area contributed by atoms with Gasteiger partial charge in [0.1, 0.15) is 5.82 Å². The Bertz CT molecular complexity index is 975. The van der Waals surface area contributed by atoms with E-state index in [0.29, 0.717) is 12.2 Å². The summed E-state index contributed by atoms with van der Waals surface area (Å²) >= 11 is 0. The molecule has 0 bridgehead atoms. The Balaban J connectivity index is 1.43. The third kappa shape index (κ3) is 4.39. The van der Waals surface area contributed by atoms with E-state index in [0.717, 1.165) is 44.6 Å². The van der Waals surface area contributed by atoms with Crippen LogP contribution in [0.3, 0.4) is 0 Å². The van der Waals surface area contributed by atoms with E-state index in [1.807, 2.05) is 36.4 Å². The molecule has 0 aliphatic carbocycles. The third-order valence-electron chi connectivity index (χ3n) is 5.87. The highest BCUT2D eigenvalue weighted by Gasteiger charge is 2.29. The van der Waals surface area contributed by atoms with E-state index < -0.39 is 0 Å². The molecular weight excluding hydrogens is 364 g/mol. The molecule has 3 aromatic rings. The summed E-state index contributed by atoms with van der Waals surface area (Å²) in [5.74, 6) is 1.01. The van der Waals surface area contributed by atoms with Crippen molar-refractivity contribution >= 4 is 5.91 Å². The molecule has 4 rings (SSSR count). The first kappa shape index (κ1) is 19.4. The van der Waals surface area contributed by atoms with E-state index in [4.69, 9.17) is 0 Å².